The minimum absolute atomic E-state index is 0.164. The van der Waals surface area contributed by atoms with Crippen LogP contribution in [0.2, 0.25) is 0 Å². The minimum Gasteiger partial charge on any atom is -0.494 e. The van der Waals surface area contributed by atoms with Crippen LogP contribution in [-0.2, 0) is 0 Å². The summed E-state index contributed by atoms with van der Waals surface area (Å²) in [7, 11) is 1.40. The summed E-state index contributed by atoms with van der Waals surface area (Å²) in [6, 6.07) is 7.97. The summed E-state index contributed by atoms with van der Waals surface area (Å²) >= 11 is 0. The van der Waals surface area contributed by atoms with Gasteiger partial charge in [-0.15, -0.1) is 0 Å². The van der Waals surface area contributed by atoms with Gasteiger partial charge < -0.3 is 9.84 Å². The van der Waals surface area contributed by atoms with Crippen LogP contribution in [-0.4, -0.2) is 18.2 Å². The normalized spacial score (nSPS) is 10.4. The average molecular weight is 274 g/mol. The third-order valence-electron chi connectivity index (χ3n) is 3.26. The fraction of sp³-hybridized carbons (Fsp3) is 0.188. The first kappa shape index (κ1) is 14.1. The van der Waals surface area contributed by atoms with Gasteiger partial charge in [-0.2, -0.15) is 0 Å². The Kier molecular flexibility index (Phi) is 3.74. The first-order chi connectivity index (χ1) is 9.43. The van der Waals surface area contributed by atoms with E-state index in [-0.39, 0.29) is 11.3 Å². The van der Waals surface area contributed by atoms with Crippen LogP contribution >= 0.6 is 0 Å². The molecule has 0 spiro atoms. The molecule has 3 nitrogen and oxygen atoms in total. The summed E-state index contributed by atoms with van der Waals surface area (Å²) in [6.07, 6.45) is 0. The second-order valence-corrected chi connectivity index (χ2v) is 4.64. The van der Waals surface area contributed by atoms with Gasteiger partial charge in [0.05, 0.1) is 12.7 Å². The molecule has 2 aromatic rings. The van der Waals surface area contributed by atoms with Crippen molar-refractivity contribution in [1.82, 2.24) is 0 Å². The van der Waals surface area contributed by atoms with Crippen molar-refractivity contribution in [1.29, 1.82) is 0 Å². The fourth-order valence-corrected chi connectivity index (χ4v) is 2.23. The van der Waals surface area contributed by atoms with Crippen molar-refractivity contribution in [2.24, 2.45) is 0 Å². The van der Waals surface area contributed by atoms with Crippen molar-refractivity contribution in [3.63, 3.8) is 0 Å². The predicted octanol–water partition coefficient (Wildman–Crippen LogP) is 3.82. The molecule has 0 atom stereocenters. The number of rotatable bonds is 3. The molecule has 0 saturated heterocycles. The SMILES string of the molecule is COc1ccc(-c2cc(C(=O)O)c(C)cc2C)cc1F. The zero-order valence-electron chi connectivity index (χ0n) is 11.5. The van der Waals surface area contributed by atoms with Crippen molar-refractivity contribution in [3.8, 4) is 16.9 Å². The van der Waals surface area contributed by atoms with Crippen LogP contribution < -0.4 is 4.74 Å². The fourth-order valence-electron chi connectivity index (χ4n) is 2.23. The Bertz CT molecular complexity index is 678. The number of aromatic carboxylic acids is 1. The van der Waals surface area contributed by atoms with Crippen molar-refractivity contribution < 1.29 is 19.0 Å². The number of aryl methyl sites for hydroxylation is 2. The van der Waals surface area contributed by atoms with E-state index in [1.165, 1.54) is 19.2 Å². The molecule has 0 aliphatic carbocycles. The van der Waals surface area contributed by atoms with Crippen LogP contribution in [0.4, 0.5) is 4.39 Å². The lowest BCUT2D eigenvalue weighted by Gasteiger charge is -2.11. The highest BCUT2D eigenvalue weighted by atomic mass is 19.1. The van der Waals surface area contributed by atoms with Gasteiger partial charge in [-0.3, -0.25) is 0 Å². The van der Waals surface area contributed by atoms with Crippen molar-refractivity contribution in [2.75, 3.05) is 7.11 Å². The quantitative estimate of drug-likeness (QED) is 0.925. The van der Waals surface area contributed by atoms with Crippen LogP contribution in [0.15, 0.2) is 30.3 Å². The monoisotopic (exact) mass is 274 g/mol. The zero-order valence-corrected chi connectivity index (χ0v) is 11.5. The predicted molar refractivity (Wildman–Crippen MR) is 74.8 cm³/mol. The van der Waals surface area contributed by atoms with Gasteiger partial charge in [-0.25, -0.2) is 9.18 Å². The van der Waals surface area contributed by atoms with Gasteiger partial charge in [0.2, 0.25) is 0 Å². The number of methoxy groups -OCH3 is 1. The molecule has 2 rings (SSSR count). The number of hydrogen-bond acceptors (Lipinski definition) is 2. The van der Waals surface area contributed by atoms with Crippen LogP contribution in [0, 0.1) is 19.7 Å². The van der Waals surface area contributed by atoms with Crippen LogP contribution in [0.3, 0.4) is 0 Å². The van der Waals surface area contributed by atoms with Gasteiger partial charge in [0.1, 0.15) is 0 Å². The van der Waals surface area contributed by atoms with Gasteiger partial charge in [-0.1, -0.05) is 12.1 Å². The molecule has 104 valence electrons. The van der Waals surface area contributed by atoms with E-state index in [1.54, 1.807) is 25.1 Å². The summed E-state index contributed by atoms with van der Waals surface area (Å²) in [5.41, 5.74) is 3.14. The molecule has 0 aliphatic rings. The Labute approximate surface area is 116 Å². The lowest BCUT2D eigenvalue weighted by atomic mass is 9.95. The van der Waals surface area contributed by atoms with E-state index in [1.807, 2.05) is 6.92 Å². The Morgan fingerprint density at radius 3 is 2.40 bits per heavy atom. The number of carbonyl (C=O) groups is 1. The van der Waals surface area contributed by atoms with Crippen molar-refractivity contribution >= 4 is 5.97 Å². The number of ether oxygens (including phenoxy) is 1. The van der Waals surface area contributed by atoms with E-state index < -0.39 is 11.8 Å². The molecule has 0 amide bonds. The molecule has 0 heterocycles. The van der Waals surface area contributed by atoms with Gasteiger partial charge in [0.25, 0.3) is 0 Å². The molecule has 2 aromatic carbocycles. The average Bonchev–Trinajstić information content (AvgIpc) is 2.38. The number of hydrogen-bond donors (Lipinski definition) is 1. The van der Waals surface area contributed by atoms with E-state index in [0.717, 1.165) is 5.56 Å². The zero-order chi connectivity index (χ0) is 14.9. The second kappa shape index (κ2) is 5.33. The molecular formula is C16H15FO3. The summed E-state index contributed by atoms with van der Waals surface area (Å²) < 4.78 is 18.6. The van der Waals surface area contributed by atoms with E-state index in [2.05, 4.69) is 0 Å². The minimum atomic E-state index is -0.988. The number of benzene rings is 2. The first-order valence-corrected chi connectivity index (χ1v) is 6.12. The van der Waals surface area contributed by atoms with Gasteiger partial charge >= 0.3 is 5.97 Å². The molecule has 0 aliphatic heterocycles. The van der Waals surface area contributed by atoms with E-state index in [4.69, 9.17) is 4.74 Å². The van der Waals surface area contributed by atoms with Crippen LogP contribution in [0.1, 0.15) is 21.5 Å². The van der Waals surface area contributed by atoms with Crippen LogP contribution in [0.25, 0.3) is 11.1 Å². The molecule has 0 unspecified atom stereocenters. The Balaban J connectivity index is 2.60. The highest BCUT2D eigenvalue weighted by Crippen LogP contribution is 2.29. The number of halogens is 1. The lowest BCUT2D eigenvalue weighted by Crippen LogP contribution is -2.01. The van der Waals surface area contributed by atoms with E-state index in [9.17, 15) is 14.3 Å². The molecule has 1 N–H and O–H groups in total. The summed E-state index contributed by atoms with van der Waals surface area (Å²) in [4.78, 5) is 11.2. The van der Waals surface area contributed by atoms with Crippen molar-refractivity contribution in [3.05, 3.63) is 52.8 Å². The second-order valence-electron chi connectivity index (χ2n) is 4.64. The summed E-state index contributed by atoms with van der Waals surface area (Å²) in [5.74, 6) is -1.29. The number of carboxylic acid groups (broad SMARTS) is 1. The van der Waals surface area contributed by atoms with Gasteiger partial charge in [-0.05, 0) is 54.3 Å². The van der Waals surface area contributed by atoms with E-state index >= 15 is 0 Å². The summed E-state index contributed by atoms with van der Waals surface area (Å²) in [6.45, 7) is 3.62. The molecular weight excluding hydrogens is 259 g/mol. The van der Waals surface area contributed by atoms with Crippen molar-refractivity contribution in [2.45, 2.75) is 13.8 Å². The molecule has 20 heavy (non-hydrogen) atoms. The maximum absolute atomic E-state index is 13.8. The topological polar surface area (TPSA) is 46.5 Å². The lowest BCUT2D eigenvalue weighted by molar-refractivity contribution is 0.0696. The van der Waals surface area contributed by atoms with E-state index in [0.29, 0.717) is 16.7 Å². The molecule has 0 fully saturated rings. The molecule has 0 aromatic heterocycles. The van der Waals surface area contributed by atoms with Crippen LogP contribution in [0.5, 0.6) is 5.75 Å². The Morgan fingerprint density at radius 1 is 1.15 bits per heavy atom. The van der Waals surface area contributed by atoms with Gasteiger partial charge in [0.15, 0.2) is 11.6 Å². The molecule has 4 heteroatoms. The third-order valence-corrected chi connectivity index (χ3v) is 3.26. The highest BCUT2D eigenvalue weighted by Gasteiger charge is 2.13. The maximum Gasteiger partial charge on any atom is 0.335 e. The van der Waals surface area contributed by atoms with Gasteiger partial charge in [0, 0.05) is 0 Å². The molecule has 0 radical (unpaired) electrons. The largest absolute Gasteiger partial charge is 0.494 e. The first-order valence-electron chi connectivity index (χ1n) is 6.12. The highest BCUT2D eigenvalue weighted by molar-refractivity contribution is 5.91. The Morgan fingerprint density at radius 2 is 1.85 bits per heavy atom. The smallest absolute Gasteiger partial charge is 0.335 e. The third kappa shape index (κ3) is 2.50. The Hall–Kier alpha value is -2.36. The summed E-state index contributed by atoms with van der Waals surface area (Å²) in [5, 5.41) is 9.17. The molecule has 0 saturated carbocycles. The number of carboxylic acids is 1. The maximum atomic E-state index is 13.8. The molecule has 0 bridgehead atoms. The standard InChI is InChI=1S/C16H15FO3/c1-9-6-10(2)13(16(18)19)8-12(9)11-4-5-15(20-3)14(17)7-11/h4-8H,1-3H3,(H,18,19).